The van der Waals surface area contributed by atoms with Crippen LogP contribution >= 0.6 is 23.2 Å². The number of amides is 1. The molecule has 1 heterocycles. The van der Waals surface area contributed by atoms with Crippen molar-refractivity contribution in [2.24, 2.45) is 0 Å². The molecule has 0 bridgehead atoms. The minimum Gasteiger partial charge on any atom is -0.307 e. The van der Waals surface area contributed by atoms with E-state index >= 15 is 0 Å². The normalized spacial score (nSPS) is 10.5. The number of nitrogens with one attached hydrogen (secondary N) is 1. The van der Waals surface area contributed by atoms with Crippen molar-refractivity contribution in [2.45, 2.75) is 0 Å². The summed E-state index contributed by atoms with van der Waals surface area (Å²) in [5, 5.41) is 3.58. The highest BCUT2D eigenvalue weighted by Gasteiger charge is 2.12. The van der Waals surface area contributed by atoms with Gasteiger partial charge >= 0.3 is 6.03 Å². The summed E-state index contributed by atoms with van der Waals surface area (Å²) in [5.74, 6) is 0.568. The van der Waals surface area contributed by atoms with Crippen LogP contribution in [0.4, 0.5) is 10.5 Å². The second-order valence-electron chi connectivity index (χ2n) is 4.55. The van der Waals surface area contributed by atoms with Crippen LogP contribution < -0.4 is 5.32 Å². The van der Waals surface area contributed by atoms with Gasteiger partial charge in [0.1, 0.15) is 5.82 Å². The molecule has 0 fully saturated rings. The smallest absolute Gasteiger partial charge is 0.307 e. The average Bonchev–Trinajstić information content (AvgIpc) is 3.01. The SMILES string of the molecule is O=C(Nc1ccc(Cl)c(Cl)c1)n1ccnc1-c1ccccc1. The van der Waals surface area contributed by atoms with E-state index in [1.165, 1.54) is 4.57 Å². The molecule has 22 heavy (non-hydrogen) atoms. The van der Waals surface area contributed by atoms with Gasteiger partial charge in [-0.1, -0.05) is 53.5 Å². The van der Waals surface area contributed by atoms with Crippen LogP contribution in [0.1, 0.15) is 0 Å². The molecule has 4 nitrogen and oxygen atoms in total. The highest BCUT2D eigenvalue weighted by molar-refractivity contribution is 6.42. The molecule has 1 aromatic heterocycles. The summed E-state index contributed by atoms with van der Waals surface area (Å²) in [6.45, 7) is 0. The van der Waals surface area contributed by atoms with Gasteiger partial charge in [0.2, 0.25) is 0 Å². The van der Waals surface area contributed by atoms with Gasteiger partial charge < -0.3 is 5.32 Å². The van der Waals surface area contributed by atoms with Crippen molar-refractivity contribution in [1.82, 2.24) is 9.55 Å². The van der Waals surface area contributed by atoms with Crippen molar-refractivity contribution in [3.63, 3.8) is 0 Å². The number of hydrogen-bond acceptors (Lipinski definition) is 2. The summed E-state index contributed by atoms with van der Waals surface area (Å²) < 4.78 is 1.44. The zero-order valence-corrected chi connectivity index (χ0v) is 12.8. The lowest BCUT2D eigenvalue weighted by molar-refractivity contribution is 0.253. The number of carbonyl (C=O) groups excluding carboxylic acids is 1. The summed E-state index contributed by atoms with van der Waals surface area (Å²) in [6.07, 6.45) is 3.19. The third-order valence-corrected chi connectivity index (χ3v) is 3.80. The molecule has 0 aliphatic rings. The van der Waals surface area contributed by atoms with Crippen LogP contribution in [-0.4, -0.2) is 15.6 Å². The van der Waals surface area contributed by atoms with Gasteiger partial charge in [-0.2, -0.15) is 0 Å². The second-order valence-corrected chi connectivity index (χ2v) is 5.36. The Bertz CT molecular complexity index is 815. The minimum absolute atomic E-state index is 0.324. The summed E-state index contributed by atoms with van der Waals surface area (Å²) in [5.41, 5.74) is 1.42. The van der Waals surface area contributed by atoms with E-state index in [0.717, 1.165) is 5.56 Å². The maximum atomic E-state index is 12.4. The lowest BCUT2D eigenvalue weighted by Gasteiger charge is -2.09. The Morgan fingerprint density at radius 3 is 2.55 bits per heavy atom. The van der Waals surface area contributed by atoms with E-state index < -0.39 is 0 Å². The number of benzene rings is 2. The summed E-state index contributed by atoms with van der Waals surface area (Å²) in [6, 6.07) is 14.1. The molecule has 2 aromatic carbocycles. The molecule has 0 saturated heterocycles. The molecule has 1 amide bonds. The van der Waals surface area contributed by atoms with Crippen molar-refractivity contribution in [2.75, 3.05) is 5.32 Å². The molecule has 0 unspecified atom stereocenters. The number of imidazole rings is 1. The molecule has 3 rings (SSSR count). The fourth-order valence-electron chi connectivity index (χ4n) is 2.03. The van der Waals surface area contributed by atoms with Crippen LogP contribution in [0.25, 0.3) is 11.4 Å². The largest absolute Gasteiger partial charge is 0.331 e. The molecule has 0 atom stereocenters. The maximum absolute atomic E-state index is 12.4. The molecule has 1 N–H and O–H groups in total. The van der Waals surface area contributed by atoms with E-state index in [0.29, 0.717) is 21.6 Å². The molecule has 0 radical (unpaired) electrons. The van der Waals surface area contributed by atoms with Gasteiger partial charge in [0, 0.05) is 23.6 Å². The van der Waals surface area contributed by atoms with E-state index in [9.17, 15) is 4.79 Å². The van der Waals surface area contributed by atoms with Crippen molar-refractivity contribution < 1.29 is 4.79 Å². The summed E-state index contributed by atoms with van der Waals surface area (Å²) >= 11 is 11.8. The van der Waals surface area contributed by atoms with Gasteiger partial charge in [0.05, 0.1) is 10.0 Å². The highest BCUT2D eigenvalue weighted by atomic mass is 35.5. The molecule has 0 spiro atoms. The van der Waals surface area contributed by atoms with E-state index in [-0.39, 0.29) is 6.03 Å². The Morgan fingerprint density at radius 1 is 1.05 bits per heavy atom. The van der Waals surface area contributed by atoms with Crippen LogP contribution in [0.3, 0.4) is 0 Å². The van der Waals surface area contributed by atoms with Gasteiger partial charge in [-0.25, -0.2) is 9.78 Å². The lowest BCUT2D eigenvalue weighted by atomic mass is 10.2. The third-order valence-electron chi connectivity index (χ3n) is 3.06. The molecule has 3 aromatic rings. The van der Waals surface area contributed by atoms with Crippen LogP contribution in [-0.2, 0) is 0 Å². The number of hydrogen-bond donors (Lipinski definition) is 1. The first-order valence-electron chi connectivity index (χ1n) is 6.50. The molecular formula is C16H11Cl2N3O. The number of rotatable bonds is 2. The molecule has 0 aliphatic carbocycles. The Labute approximate surface area is 137 Å². The molecular weight excluding hydrogens is 321 g/mol. The van der Waals surface area contributed by atoms with Gasteiger partial charge in [-0.05, 0) is 18.2 Å². The maximum Gasteiger partial charge on any atom is 0.331 e. The van der Waals surface area contributed by atoms with E-state index in [4.69, 9.17) is 23.2 Å². The summed E-state index contributed by atoms with van der Waals surface area (Å²) in [4.78, 5) is 16.6. The predicted molar refractivity (Wildman–Crippen MR) is 88.5 cm³/mol. The number of halogens is 2. The van der Waals surface area contributed by atoms with Gasteiger partial charge in [0.25, 0.3) is 0 Å². The standard InChI is InChI=1S/C16H11Cl2N3O/c17-13-7-6-12(10-14(13)18)20-16(22)21-9-8-19-15(21)11-4-2-1-3-5-11/h1-10H,(H,20,22). The first-order chi connectivity index (χ1) is 10.6. The number of carbonyl (C=O) groups is 1. The van der Waals surface area contributed by atoms with Gasteiger partial charge in [0.15, 0.2) is 0 Å². The number of aromatic nitrogens is 2. The average molecular weight is 332 g/mol. The van der Waals surface area contributed by atoms with Crippen LogP contribution in [0.15, 0.2) is 60.9 Å². The monoisotopic (exact) mass is 331 g/mol. The quantitative estimate of drug-likeness (QED) is 0.723. The van der Waals surface area contributed by atoms with Crippen molar-refractivity contribution >= 4 is 34.9 Å². The highest BCUT2D eigenvalue weighted by Crippen LogP contribution is 2.25. The zero-order chi connectivity index (χ0) is 15.5. The molecule has 110 valence electrons. The van der Waals surface area contributed by atoms with Crippen LogP contribution in [0.5, 0.6) is 0 Å². The lowest BCUT2D eigenvalue weighted by Crippen LogP contribution is -2.19. The second kappa shape index (κ2) is 6.22. The zero-order valence-electron chi connectivity index (χ0n) is 11.3. The van der Waals surface area contributed by atoms with Gasteiger partial charge in [-0.15, -0.1) is 0 Å². The predicted octanol–water partition coefficient (Wildman–Crippen LogP) is 4.94. The fraction of sp³-hybridized carbons (Fsp3) is 0. The topological polar surface area (TPSA) is 46.9 Å². The number of nitrogens with zero attached hydrogens (tertiary/aromatic N) is 2. The fourth-order valence-corrected chi connectivity index (χ4v) is 2.32. The first-order valence-corrected chi connectivity index (χ1v) is 7.26. The van der Waals surface area contributed by atoms with Crippen molar-refractivity contribution in [1.29, 1.82) is 0 Å². The Morgan fingerprint density at radius 2 is 1.82 bits per heavy atom. The molecule has 0 saturated carbocycles. The van der Waals surface area contributed by atoms with Crippen LogP contribution in [0.2, 0.25) is 10.0 Å². The van der Waals surface area contributed by atoms with Gasteiger partial charge in [-0.3, -0.25) is 4.57 Å². The molecule has 0 aliphatic heterocycles. The van der Waals surface area contributed by atoms with Crippen molar-refractivity contribution in [3.05, 3.63) is 71.0 Å². The number of anilines is 1. The third kappa shape index (κ3) is 2.98. The molecule has 6 heteroatoms. The summed E-state index contributed by atoms with van der Waals surface area (Å²) in [7, 11) is 0. The van der Waals surface area contributed by atoms with E-state index in [2.05, 4.69) is 10.3 Å². The minimum atomic E-state index is -0.324. The Hall–Kier alpha value is -2.30. The first kappa shape index (κ1) is 14.6. The van der Waals surface area contributed by atoms with E-state index in [1.807, 2.05) is 30.3 Å². The van der Waals surface area contributed by atoms with E-state index in [1.54, 1.807) is 30.6 Å². The van der Waals surface area contributed by atoms with Crippen molar-refractivity contribution in [3.8, 4) is 11.4 Å². The van der Waals surface area contributed by atoms with Crippen LogP contribution in [0, 0.1) is 0 Å². The Balaban J connectivity index is 1.87. The Kier molecular flexibility index (Phi) is 4.13.